The van der Waals surface area contributed by atoms with Gasteiger partial charge in [0, 0.05) is 18.6 Å². The largest absolute Gasteiger partial charge is 0.409 e. The van der Waals surface area contributed by atoms with Crippen LogP contribution in [-0.2, 0) is 0 Å². The summed E-state index contributed by atoms with van der Waals surface area (Å²) in [5.74, 6) is 0.0298. The van der Waals surface area contributed by atoms with Crippen LogP contribution in [-0.4, -0.2) is 26.0 Å². The molecule has 7 heteroatoms. The number of aromatic amines is 1. The molecule has 2 aromatic heterocycles. The molecular weight excluding hydrogens is 226 g/mol. The number of imidazole rings is 1. The van der Waals surface area contributed by atoms with Crippen LogP contribution in [0.4, 0.5) is 0 Å². The molecule has 0 atom stereocenters. The fourth-order valence-electron chi connectivity index (χ4n) is 1.12. The van der Waals surface area contributed by atoms with Crippen LogP contribution in [0, 0.1) is 0 Å². The van der Waals surface area contributed by atoms with E-state index in [-0.39, 0.29) is 5.84 Å². The maximum atomic E-state index is 8.64. The first-order chi connectivity index (χ1) is 7.81. The van der Waals surface area contributed by atoms with E-state index in [2.05, 4.69) is 20.1 Å². The third-order valence-corrected chi connectivity index (χ3v) is 2.76. The molecule has 0 aromatic carbocycles. The van der Waals surface area contributed by atoms with Crippen LogP contribution in [0.3, 0.4) is 0 Å². The van der Waals surface area contributed by atoms with E-state index in [4.69, 9.17) is 10.9 Å². The average Bonchev–Trinajstić information content (AvgIpc) is 2.82. The Balaban J connectivity index is 2.34. The van der Waals surface area contributed by atoms with Crippen molar-refractivity contribution in [1.82, 2.24) is 15.0 Å². The standard InChI is InChI=1S/C9H9N5OS/c10-7(14-15)6-2-1-3-11-8(6)16-9-12-4-5-13-9/h1-5,15H,(H2,10,14)(H,12,13). The lowest BCUT2D eigenvalue weighted by Gasteiger charge is -2.04. The number of H-pyrrole nitrogens is 1. The zero-order valence-electron chi connectivity index (χ0n) is 8.16. The van der Waals surface area contributed by atoms with Crippen molar-refractivity contribution in [3.05, 3.63) is 36.3 Å². The lowest BCUT2D eigenvalue weighted by Crippen LogP contribution is -2.14. The maximum absolute atomic E-state index is 8.64. The molecular formula is C9H9N5OS. The zero-order valence-corrected chi connectivity index (χ0v) is 8.98. The zero-order chi connectivity index (χ0) is 11.4. The second-order valence-electron chi connectivity index (χ2n) is 2.84. The van der Waals surface area contributed by atoms with Crippen LogP contribution in [0.2, 0.25) is 0 Å². The van der Waals surface area contributed by atoms with Crippen molar-refractivity contribution in [2.24, 2.45) is 10.9 Å². The fraction of sp³-hybridized carbons (Fsp3) is 0. The van der Waals surface area contributed by atoms with Crippen molar-refractivity contribution < 1.29 is 5.21 Å². The predicted octanol–water partition coefficient (Wildman–Crippen LogP) is 1.05. The number of amidine groups is 1. The number of hydrogen-bond donors (Lipinski definition) is 3. The highest BCUT2D eigenvalue weighted by Crippen LogP contribution is 2.25. The summed E-state index contributed by atoms with van der Waals surface area (Å²) in [6.45, 7) is 0. The van der Waals surface area contributed by atoms with Gasteiger partial charge in [0.2, 0.25) is 0 Å². The van der Waals surface area contributed by atoms with Gasteiger partial charge in [-0.25, -0.2) is 9.97 Å². The summed E-state index contributed by atoms with van der Waals surface area (Å²) in [6.07, 6.45) is 5.00. The van der Waals surface area contributed by atoms with Gasteiger partial charge in [0.15, 0.2) is 11.0 Å². The molecule has 0 saturated carbocycles. The molecule has 0 unspecified atom stereocenters. The quantitative estimate of drug-likeness (QED) is 0.319. The highest BCUT2D eigenvalue weighted by atomic mass is 32.2. The molecule has 0 amide bonds. The van der Waals surface area contributed by atoms with Gasteiger partial charge in [0.05, 0.1) is 5.56 Å². The van der Waals surface area contributed by atoms with Gasteiger partial charge in [-0.1, -0.05) is 5.16 Å². The summed E-state index contributed by atoms with van der Waals surface area (Å²) in [4.78, 5) is 11.2. The minimum Gasteiger partial charge on any atom is -0.409 e. The first kappa shape index (κ1) is 10.5. The summed E-state index contributed by atoms with van der Waals surface area (Å²) in [5, 5.41) is 12.9. The number of nitrogens with one attached hydrogen (secondary N) is 1. The van der Waals surface area contributed by atoms with Crippen molar-refractivity contribution in [2.75, 3.05) is 0 Å². The third kappa shape index (κ3) is 2.14. The van der Waals surface area contributed by atoms with Gasteiger partial charge in [-0.2, -0.15) is 0 Å². The van der Waals surface area contributed by atoms with Crippen LogP contribution in [0.25, 0.3) is 0 Å². The van der Waals surface area contributed by atoms with E-state index in [9.17, 15) is 0 Å². The molecule has 0 saturated heterocycles. The molecule has 2 heterocycles. The van der Waals surface area contributed by atoms with Crippen LogP contribution < -0.4 is 5.73 Å². The molecule has 0 aliphatic rings. The molecule has 0 fully saturated rings. The minimum absolute atomic E-state index is 0.0298. The Kier molecular flexibility index (Phi) is 3.06. The number of nitrogens with zero attached hydrogens (tertiary/aromatic N) is 3. The Labute approximate surface area is 95.6 Å². The molecule has 2 aromatic rings. The Morgan fingerprint density at radius 3 is 3.00 bits per heavy atom. The number of rotatable bonds is 3. The lowest BCUT2D eigenvalue weighted by atomic mass is 10.3. The van der Waals surface area contributed by atoms with E-state index in [0.717, 1.165) is 0 Å². The molecule has 6 nitrogen and oxygen atoms in total. The Morgan fingerprint density at radius 2 is 2.31 bits per heavy atom. The molecule has 0 aliphatic carbocycles. The highest BCUT2D eigenvalue weighted by Gasteiger charge is 2.10. The van der Waals surface area contributed by atoms with Gasteiger partial charge in [-0.05, 0) is 23.9 Å². The van der Waals surface area contributed by atoms with Crippen LogP contribution in [0.15, 0.2) is 46.1 Å². The van der Waals surface area contributed by atoms with Crippen LogP contribution in [0.1, 0.15) is 5.56 Å². The van der Waals surface area contributed by atoms with E-state index in [0.29, 0.717) is 15.7 Å². The van der Waals surface area contributed by atoms with Crippen molar-refractivity contribution >= 4 is 17.6 Å². The Bertz CT molecular complexity index is 496. The smallest absolute Gasteiger partial charge is 0.172 e. The fourth-order valence-corrected chi connectivity index (χ4v) is 1.94. The van der Waals surface area contributed by atoms with Gasteiger partial charge in [-0.3, -0.25) is 0 Å². The molecule has 0 aliphatic heterocycles. The number of nitrogens with two attached hydrogens (primary N) is 1. The van der Waals surface area contributed by atoms with Crippen molar-refractivity contribution in [3.63, 3.8) is 0 Å². The van der Waals surface area contributed by atoms with Crippen molar-refractivity contribution in [2.45, 2.75) is 10.2 Å². The molecule has 0 bridgehead atoms. The second-order valence-corrected chi connectivity index (χ2v) is 3.82. The van der Waals surface area contributed by atoms with Gasteiger partial charge in [0.1, 0.15) is 5.03 Å². The molecule has 16 heavy (non-hydrogen) atoms. The molecule has 82 valence electrons. The summed E-state index contributed by atoms with van der Waals surface area (Å²) in [6, 6.07) is 3.45. The minimum atomic E-state index is 0.0298. The second kappa shape index (κ2) is 4.67. The first-order valence-corrected chi connectivity index (χ1v) is 5.23. The average molecular weight is 235 g/mol. The Morgan fingerprint density at radius 1 is 1.44 bits per heavy atom. The van der Waals surface area contributed by atoms with E-state index in [1.165, 1.54) is 11.8 Å². The number of pyridine rings is 1. The molecule has 0 spiro atoms. The Hall–Kier alpha value is -2.02. The van der Waals surface area contributed by atoms with Crippen molar-refractivity contribution in [3.8, 4) is 0 Å². The van der Waals surface area contributed by atoms with Crippen LogP contribution >= 0.6 is 11.8 Å². The lowest BCUT2D eigenvalue weighted by molar-refractivity contribution is 0.318. The summed E-state index contributed by atoms with van der Waals surface area (Å²) >= 11 is 1.31. The summed E-state index contributed by atoms with van der Waals surface area (Å²) in [5.41, 5.74) is 6.12. The predicted molar refractivity (Wildman–Crippen MR) is 59.5 cm³/mol. The van der Waals surface area contributed by atoms with Crippen LogP contribution in [0.5, 0.6) is 0 Å². The summed E-state index contributed by atoms with van der Waals surface area (Å²) in [7, 11) is 0. The van der Waals surface area contributed by atoms with Crippen molar-refractivity contribution in [1.29, 1.82) is 0 Å². The number of aromatic nitrogens is 3. The van der Waals surface area contributed by atoms with E-state index < -0.39 is 0 Å². The SMILES string of the molecule is N/C(=N/O)c1cccnc1Sc1ncc[nH]1. The normalized spacial score (nSPS) is 11.6. The monoisotopic (exact) mass is 235 g/mol. The first-order valence-electron chi connectivity index (χ1n) is 4.41. The highest BCUT2D eigenvalue weighted by molar-refractivity contribution is 7.99. The maximum Gasteiger partial charge on any atom is 0.172 e. The van der Waals surface area contributed by atoms with Gasteiger partial charge >= 0.3 is 0 Å². The van der Waals surface area contributed by atoms with E-state index >= 15 is 0 Å². The number of hydrogen-bond acceptors (Lipinski definition) is 5. The third-order valence-electron chi connectivity index (χ3n) is 1.82. The molecule has 0 radical (unpaired) electrons. The molecule has 4 N–H and O–H groups in total. The summed E-state index contributed by atoms with van der Waals surface area (Å²) < 4.78 is 0. The van der Waals surface area contributed by atoms with E-state index in [1.807, 2.05) is 0 Å². The van der Waals surface area contributed by atoms with Gasteiger partial charge in [0.25, 0.3) is 0 Å². The van der Waals surface area contributed by atoms with Gasteiger partial charge < -0.3 is 15.9 Å². The molecule has 2 rings (SSSR count). The topological polar surface area (TPSA) is 100 Å². The number of oxime groups is 1. The van der Waals surface area contributed by atoms with Gasteiger partial charge in [-0.15, -0.1) is 0 Å². The van der Waals surface area contributed by atoms with E-state index in [1.54, 1.807) is 30.7 Å².